The zero-order valence-electron chi connectivity index (χ0n) is 11.5. The van der Waals surface area contributed by atoms with Crippen molar-refractivity contribution in [3.63, 3.8) is 0 Å². The van der Waals surface area contributed by atoms with Crippen LogP contribution in [0.2, 0.25) is 0 Å². The quantitative estimate of drug-likeness (QED) is 0.705. The first kappa shape index (κ1) is 12.0. The molecule has 0 radical (unpaired) electrons. The highest BCUT2D eigenvalue weighted by Gasteiger charge is 2.19. The van der Waals surface area contributed by atoms with Gasteiger partial charge in [0.1, 0.15) is 5.82 Å². The first-order chi connectivity index (χ1) is 9.05. The lowest BCUT2D eigenvalue weighted by Gasteiger charge is -2.20. The summed E-state index contributed by atoms with van der Waals surface area (Å²) in [5.74, 6) is 1.11. The molecule has 0 saturated carbocycles. The molecule has 4 nitrogen and oxygen atoms in total. The Kier molecular flexibility index (Phi) is 2.66. The van der Waals surface area contributed by atoms with Crippen molar-refractivity contribution in [2.24, 2.45) is 0 Å². The maximum atomic E-state index is 4.49. The van der Waals surface area contributed by atoms with Crippen LogP contribution in [0.5, 0.6) is 0 Å². The van der Waals surface area contributed by atoms with Crippen LogP contribution in [0, 0.1) is 0 Å². The summed E-state index contributed by atoms with van der Waals surface area (Å²) in [6.07, 6.45) is 7.71. The van der Waals surface area contributed by atoms with Crippen molar-refractivity contribution in [2.75, 3.05) is 0 Å². The van der Waals surface area contributed by atoms with Crippen molar-refractivity contribution >= 4 is 5.52 Å². The molecule has 0 saturated heterocycles. The van der Waals surface area contributed by atoms with Crippen molar-refractivity contribution in [3.05, 3.63) is 54.4 Å². The third kappa shape index (κ3) is 2.14. The number of hydrogen-bond donors (Lipinski definition) is 0. The van der Waals surface area contributed by atoms with Crippen LogP contribution in [0.4, 0.5) is 0 Å². The van der Waals surface area contributed by atoms with Crippen molar-refractivity contribution in [1.82, 2.24) is 19.2 Å². The van der Waals surface area contributed by atoms with Crippen molar-refractivity contribution in [3.8, 4) is 0 Å². The highest BCUT2D eigenvalue weighted by molar-refractivity contribution is 5.53. The number of nitrogens with zero attached hydrogens (tertiary/aromatic N) is 4. The van der Waals surface area contributed by atoms with Gasteiger partial charge in [-0.1, -0.05) is 26.8 Å². The van der Waals surface area contributed by atoms with E-state index in [2.05, 4.69) is 41.5 Å². The van der Waals surface area contributed by atoms with Gasteiger partial charge in [-0.25, -0.2) is 9.50 Å². The lowest BCUT2D eigenvalue weighted by atomic mass is 9.95. The SMILES string of the molecule is CC(C)(C)c1nccn1Cc1cccn2nccc12. The summed E-state index contributed by atoms with van der Waals surface area (Å²) in [4.78, 5) is 4.49. The zero-order chi connectivity index (χ0) is 13.5. The van der Waals surface area contributed by atoms with E-state index in [0.717, 1.165) is 17.9 Å². The van der Waals surface area contributed by atoms with E-state index in [9.17, 15) is 0 Å². The zero-order valence-corrected chi connectivity index (χ0v) is 11.5. The topological polar surface area (TPSA) is 35.1 Å². The first-order valence-electron chi connectivity index (χ1n) is 6.48. The molecule has 0 aliphatic heterocycles. The molecular weight excluding hydrogens is 236 g/mol. The minimum atomic E-state index is 0.0504. The van der Waals surface area contributed by atoms with E-state index < -0.39 is 0 Å². The first-order valence-corrected chi connectivity index (χ1v) is 6.48. The Balaban J connectivity index is 2.02. The van der Waals surface area contributed by atoms with Gasteiger partial charge in [0.15, 0.2) is 0 Å². The summed E-state index contributed by atoms with van der Waals surface area (Å²) < 4.78 is 4.12. The highest BCUT2D eigenvalue weighted by atomic mass is 15.2. The molecule has 3 aromatic rings. The van der Waals surface area contributed by atoms with E-state index >= 15 is 0 Å². The maximum Gasteiger partial charge on any atom is 0.114 e. The van der Waals surface area contributed by atoms with E-state index in [0.29, 0.717) is 0 Å². The molecule has 0 unspecified atom stereocenters. The average Bonchev–Trinajstić information content (AvgIpc) is 2.95. The molecule has 0 fully saturated rings. The Hall–Kier alpha value is -2.10. The lowest BCUT2D eigenvalue weighted by Crippen LogP contribution is -2.19. The molecular formula is C15H18N4. The van der Waals surface area contributed by atoms with E-state index in [4.69, 9.17) is 0 Å². The maximum absolute atomic E-state index is 4.49. The lowest BCUT2D eigenvalue weighted by molar-refractivity contribution is 0.511. The van der Waals surface area contributed by atoms with Crippen molar-refractivity contribution < 1.29 is 0 Å². The van der Waals surface area contributed by atoms with Crippen LogP contribution in [0.1, 0.15) is 32.2 Å². The number of pyridine rings is 1. The van der Waals surface area contributed by atoms with Gasteiger partial charge >= 0.3 is 0 Å². The summed E-state index contributed by atoms with van der Waals surface area (Å²) in [6, 6.07) is 6.22. The highest BCUT2D eigenvalue weighted by Crippen LogP contribution is 2.22. The number of aromatic nitrogens is 4. The van der Waals surface area contributed by atoms with E-state index in [1.807, 2.05) is 41.4 Å². The summed E-state index contributed by atoms with van der Waals surface area (Å²) >= 11 is 0. The van der Waals surface area contributed by atoms with Crippen LogP contribution in [-0.4, -0.2) is 19.2 Å². The van der Waals surface area contributed by atoms with Crippen LogP contribution in [0.3, 0.4) is 0 Å². The van der Waals surface area contributed by atoms with Crippen LogP contribution in [0.15, 0.2) is 43.0 Å². The summed E-state index contributed by atoms with van der Waals surface area (Å²) in [5, 5.41) is 4.27. The van der Waals surface area contributed by atoms with Gasteiger partial charge in [0.05, 0.1) is 12.1 Å². The molecule has 98 valence electrons. The molecule has 0 aliphatic carbocycles. The van der Waals surface area contributed by atoms with Crippen LogP contribution >= 0.6 is 0 Å². The number of hydrogen-bond acceptors (Lipinski definition) is 2. The van der Waals surface area contributed by atoms with Crippen molar-refractivity contribution in [1.29, 1.82) is 0 Å². The number of fused-ring (bicyclic) bond motifs is 1. The second-order valence-electron chi connectivity index (χ2n) is 5.82. The van der Waals surface area contributed by atoms with E-state index in [1.54, 1.807) is 0 Å². The van der Waals surface area contributed by atoms with Gasteiger partial charge in [-0.15, -0.1) is 0 Å². The monoisotopic (exact) mass is 254 g/mol. The predicted molar refractivity (Wildman–Crippen MR) is 75.2 cm³/mol. The molecule has 19 heavy (non-hydrogen) atoms. The van der Waals surface area contributed by atoms with Crippen LogP contribution in [-0.2, 0) is 12.0 Å². The molecule has 0 N–H and O–H groups in total. The van der Waals surface area contributed by atoms with Gasteiger partial charge in [-0.2, -0.15) is 5.10 Å². The second-order valence-corrected chi connectivity index (χ2v) is 5.82. The minimum Gasteiger partial charge on any atom is -0.330 e. The fourth-order valence-corrected chi connectivity index (χ4v) is 2.41. The van der Waals surface area contributed by atoms with Gasteiger partial charge in [0.2, 0.25) is 0 Å². The predicted octanol–water partition coefficient (Wildman–Crippen LogP) is 2.88. The Morgan fingerprint density at radius 3 is 2.74 bits per heavy atom. The molecule has 4 heteroatoms. The smallest absolute Gasteiger partial charge is 0.114 e. The summed E-state index contributed by atoms with van der Waals surface area (Å²) in [5.41, 5.74) is 2.45. The molecule has 3 heterocycles. The van der Waals surface area contributed by atoms with E-state index in [1.165, 1.54) is 5.56 Å². The van der Waals surface area contributed by atoms with Gasteiger partial charge in [-0.3, -0.25) is 0 Å². The normalized spacial score (nSPS) is 12.2. The van der Waals surface area contributed by atoms with Crippen LogP contribution < -0.4 is 0 Å². The number of imidazole rings is 1. The van der Waals surface area contributed by atoms with E-state index in [-0.39, 0.29) is 5.41 Å². The number of rotatable bonds is 2. The fourth-order valence-electron chi connectivity index (χ4n) is 2.41. The molecule has 0 aromatic carbocycles. The Morgan fingerprint density at radius 1 is 1.11 bits per heavy atom. The molecule has 0 spiro atoms. The Morgan fingerprint density at radius 2 is 1.95 bits per heavy atom. The van der Waals surface area contributed by atoms with Crippen molar-refractivity contribution in [2.45, 2.75) is 32.7 Å². The molecule has 3 rings (SSSR count). The molecule has 3 aromatic heterocycles. The minimum absolute atomic E-state index is 0.0504. The molecule has 0 amide bonds. The van der Waals surface area contributed by atoms with Gasteiger partial charge in [-0.05, 0) is 17.7 Å². The summed E-state index contributed by atoms with van der Waals surface area (Å²) in [6.45, 7) is 7.38. The van der Waals surface area contributed by atoms with Gasteiger partial charge in [0, 0.05) is 30.2 Å². The van der Waals surface area contributed by atoms with Gasteiger partial charge < -0.3 is 4.57 Å². The second kappa shape index (κ2) is 4.23. The van der Waals surface area contributed by atoms with Crippen LogP contribution in [0.25, 0.3) is 5.52 Å². The molecule has 0 aliphatic rings. The Labute approximate surface area is 112 Å². The standard InChI is InChI=1S/C15H18N4/c1-15(2,3)14-16-8-10-18(14)11-12-5-4-9-19-13(12)6-7-17-19/h4-10H,11H2,1-3H3. The largest absolute Gasteiger partial charge is 0.330 e. The summed E-state index contributed by atoms with van der Waals surface area (Å²) in [7, 11) is 0. The van der Waals surface area contributed by atoms with Gasteiger partial charge in [0.25, 0.3) is 0 Å². The molecule has 0 atom stereocenters. The fraction of sp³-hybridized carbons (Fsp3) is 0.333. The molecule has 0 bridgehead atoms. The Bertz CT molecular complexity index is 700. The average molecular weight is 254 g/mol. The third-order valence-electron chi connectivity index (χ3n) is 3.25. The third-order valence-corrected chi connectivity index (χ3v) is 3.25.